The minimum absolute atomic E-state index is 0.0336. The number of ether oxygens (including phenoxy) is 2. The molecule has 0 saturated carbocycles. The first-order valence-electron chi connectivity index (χ1n) is 16.4. The number of imidazole rings is 1. The van der Waals surface area contributed by atoms with E-state index < -0.39 is 30.0 Å². The molecule has 2 aromatic heterocycles. The highest BCUT2D eigenvalue weighted by Crippen LogP contribution is 2.42. The van der Waals surface area contributed by atoms with Crippen LogP contribution in [-0.2, 0) is 39.5 Å². The van der Waals surface area contributed by atoms with Crippen LogP contribution in [0.5, 0.6) is 11.5 Å². The normalized spacial score (nSPS) is 13.7. The number of methoxy groups -OCH3 is 2. The topological polar surface area (TPSA) is 198 Å². The van der Waals surface area contributed by atoms with Crippen LogP contribution >= 0.6 is 0 Å². The number of sulfone groups is 1. The zero-order valence-electron chi connectivity index (χ0n) is 28.6. The number of nitrogens with one attached hydrogen (secondary N) is 2. The number of para-hydroxylation sites is 1. The van der Waals surface area contributed by atoms with E-state index in [1.165, 1.54) is 18.0 Å². The summed E-state index contributed by atoms with van der Waals surface area (Å²) in [5.41, 5.74) is 9.81. The molecular weight excluding hydrogens is 707 g/mol. The molecular formula is C35H37N9O6S2. The van der Waals surface area contributed by atoms with Crippen LogP contribution < -0.4 is 25.2 Å². The second-order valence-corrected chi connectivity index (χ2v) is 16.1. The molecule has 0 unspecified atom stereocenters. The van der Waals surface area contributed by atoms with Crippen LogP contribution in [0.25, 0.3) is 33.5 Å². The fraction of sp³-hybridized carbons (Fsp3) is 0.257. The fourth-order valence-corrected chi connectivity index (χ4v) is 9.81. The highest BCUT2D eigenvalue weighted by molar-refractivity contribution is 7.94. The number of rotatable bonds is 13. The van der Waals surface area contributed by atoms with Crippen LogP contribution in [0, 0.1) is 0 Å². The van der Waals surface area contributed by atoms with Crippen LogP contribution in [0.15, 0.2) is 88.7 Å². The highest BCUT2D eigenvalue weighted by atomic mass is 32.2. The predicted octanol–water partition coefficient (Wildman–Crippen LogP) is 3.25. The van der Waals surface area contributed by atoms with Crippen LogP contribution in [0.3, 0.4) is 0 Å². The molecule has 1 fully saturated rings. The van der Waals surface area contributed by atoms with E-state index in [1.54, 1.807) is 55.6 Å². The maximum atomic E-state index is 14.7. The molecule has 0 amide bonds. The van der Waals surface area contributed by atoms with Crippen LogP contribution in [0.2, 0.25) is 0 Å². The van der Waals surface area contributed by atoms with Crippen molar-refractivity contribution in [2.75, 3.05) is 33.0 Å². The first kappa shape index (κ1) is 35.1. The van der Waals surface area contributed by atoms with Gasteiger partial charge in [0, 0.05) is 31.7 Å². The lowest BCUT2D eigenvalue weighted by molar-refractivity contribution is 0.414. The van der Waals surface area contributed by atoms with Crippen molar-refractivity contribution >= 4 is 36.8 Å². The number of nitrogens with zero attached hydrogens (tertiary/aromatic N) is 6. The van der Waals surface area contributed by atoms with Crippen molar-refractivity contribution in [2.24, 2.45) is 0 Å². The molecule has 0 bridgehead atoms. The van der Waals surface area contributed by atoms with E-state index >= 15 is 0 Å². The minimum atomic E-state index is -4.60. The first-order valence-corrected chi connectivity index (χ1v) is 19.5. The second kappa shape index (κ2) is 14.0. The maximum Gasteiger partial charge on any atom is 0.242 e. The van der Waals surface area contributed by atoms with Gasteiger partial charge in [-0.05, 0) is 65.2 Å². The summed E-state index contributed by atoms with van der Waals surface area (Å²) >= 11 is 0. The van der Waals surface area contributed by atoms with Crippen molar-refractivity contribution in [2.45, 2.75) is 41.6 Å². The lowest BCUT2D eigenvalue weighted by Crippen LogP contribution is -2.51. The predicted molar refractivity (Wildman–Crippen MR) is 195 cm³/mol. The number of hydrogen-bond donors (Lipinski definition) is 3. The third-order valence-corrected chi connectivity index (χ3v) is 12.9. The zero-order chi connectivity index (χ0) is 36.6. The van der Waals surface area contributed by atoms with Gasteiger partial charge in [-0.1, -0.05) is 42.5 Å². The quantitative estimate of drug-likeness (QED) is 0.156. The van der Waals surface area contributed by atoms with Crippen LogP contribution in [-0.4, -0.2) is 79.2 Å². The molecule has 3 heterocycles. The summed E-state index contributed by atoms with van der Waals surface area (Å²) in [5.74, 6) is 1.48. The summed E-state index contributed by atoms with van der Waals surface area (Å²) in [6, 6.07) is 22.5. The molecule has 270 valence electrons. The Balaban J connectivity index is 1.45. The Hall–Kier alpha value is -5.36. The Kier molecular flexibility index (Phi) is 9.43. The van der Waals surface area contributed by atoms with Gasteiger partial charge in [-0.25, -0.2) is 26.5 Å². The number of aryl methyl sites for hydroxylation is 1. The van der Waals surface area contributed by atoms with Crippen LogP contribution in [0.4, 0.5) is 5.95 Å². The third-order valence-electron chi connectivity index (χ3n) is 9.08. The Morgan fingerprint density at radius 3 is 2.17 bits per heavy atom. The molecule has 0 aliphatic carbocycles. The smallest absolute Gasteiger partial charge is 0.242 e. The van der Waals surface area contributed by atoms with Gasteiger partial charge in [0.15, 0.2) is 9.84 Å². The molecule has 17 heteroatoms. The van der Waals surface area contributed by atoms with Gasteiger partial charge in [0.25, 0.3) is 0 Å². The van der Waals surface area contributed by atoms with Gasteiger partial charge in [-0.2, -0.15) is 4.80 Å². The Morgan fingerprint density at radius 2 is 1.56 bits per heavy atom. The molecule has 0 spiro atoms. The molecule has 0 radical (unpaired) electrons. The fourth-order valence-electron chi connectivity index (χ4n) is 6.18. The Morgan fingerprint density at radius 1 is 0.885 bits per heavy atom. The van der Waals surface area contributed by atoms with Gasteiger partial charge >= 0.3 is 0 Å². The van der Waals surface area contributed by atoms with Gasteiger partial charge in [-0.3, -0.25) is 0 Å². The molecule has 1 aliphatic rings. The average molecular weight is 744 g/mol. The van der Waals surface area contributed by atoms with Crippen molar-refractivity contribution in [1.29, 1.82) is 0 Å². The standard InChI is InChI=1S/C35H37N9O6S2/c1-4-43-29-7-5-6-28(32(29)39-35(43)36)27-16-17-30(51(45,46)26-19-37-20-26)33(52(47,48)38-18-22-8-12-24(49-2)13-9-22)31(27)34-40-42-44(41-34)21-23-10-14-25(50-3)15-11-23/h5-17,26,37-38H,4,18-21H2,1-3H3,(H2,36,39). The molecule has 52 heavy (non-hydrogen) atoms. The number of aromatic nitrogens is 6. The van der Waals surface area contributed by atoms with Gasteiger partial charge in [-0.15, -0.1) is 10.2 Å². The lowest BCUT2D eigenvalue weighted by Gasteiger charge is -2.28. The van der Waals surface area contributed by atoms with Crippen molar-refractivity contribution < 1.29 is 26.3 Å². The van der Waals surface area contributed by atoms with Crippen LogP contribution in [0.1, 0.15) is 18.1 Å². The summed E-state index contributed by atoms with van der Waals surface area (Å²) in [6.07, 6.45) is 0. The molecule has 0 atom stereocenters. The Bertz CT molecular complexity index is 2480. The maximum absolute atomic E-state index is 14.7. The molecule has 4 aromatic carbocycles. The van der Waals surface area contributed by atoms with Crippen molar-refractivity contribution in [3.05, 3.63) is 90.0 Å². The number of fused-ring (bicyclic) bond motifs is 1. The number of benzene rings is 4. The van der Waals surface area contributed by atoms with Gasteiger partial charge < -0.3 is 25.1 Å². The van der Waals surface area contributed by atoms with E-state index in [0.717, 1.165) is 11.1 Å². The Labute approximate surface area is 300 Å². The molecule has 15 nitrogen and oxygen atoms in total. The van der Waals surface area contributed by atoms with E-state index in [2.05, 4.69) is 30.4 Å². The number of tetrazole rings is 1. The first-order chi connectivity index (χ1) is 25.0. The van der Waals surface area contributed by atoms with Gasteiger partial charge in [0.2, 0.25) is 21.8 Å². The zero-order valence-corrected chi connectivity index (χ0v) is 30.3. The van der Waals surface area contributed by atoms with Gasteiger partial charge in [0.05, 0.1) is 47.5 Å². The highest BCUT2D eigenvalue weighted by Gasteiger charge is 2.40. The van der Waals surface area contributed by atoms with E-state index in [4.69, 9.17) is 15.2 Å². The number of nitrogen functional groups attached to an aromatic ring is 1. The monoisotopic (exact) mass is 743 g/mol. The van der Waals surface area contributed by atoms with E-state index in [9.17, 15) is 16.8 Å². The van der Waals surface area contributed by atoms with Crippen molar-refractivity contribution in [3.63, 3.8) is 0 Å². The summed E-state index contributed by atoms with van der Waals surface area (Å²) in [6.45, 7) is 2.91. The summed E-state index contributed by atoms with van der Waals surface area (Å²) in [5, 5.41) is 15.4. The molecule has 4 N–H and O–H groups in total. The minimum Gasteiger partial charge on any atom is -0.497 e. The summed E-state index contributed by atoms with van der Waals surface area (Å²) in [7, 11) is -5.65. The van der Waals surface area contributed by atoms with Crippen molar-refractivity contribution in [3.8, 4) is 34.0 Å². The van der Waals surface area contributed by atoms with E-state index in [1.807, 2.05) is 35.8 Å². The molecule has 6 aromatic rings. The molecule has 1 saturated heterocycles. The SMILES string of the molecule is CCn1c(N)nc2c(-c3ccc(S(=O)(=O)C4CNC4)c(S(=O)(=O)NCc4ccc(OC)cc4)c3-c3nnn(Cc4ccc(OC)cc4)n3)cccc21. The van der Waals surface area contributed by atoms with E-state index in [-0.39, 0.29) is 48.4 Å². The third kappa shape index (κ3) is 6.47. The number of nitrogens with two attached hydrogens (primary N) is 1. The molecule has 7 rings (SSSR count). The molecule has 1 aliphatic heterocycles. The van der Waals surface area contributed by atoms with E-state index in [0.29, 0.717) is 40.3 Å². The summed E-state index contributed by atoms with van der Waals surface area (Å²) in [4.78, 5) is 5.12. The number of sulfonamides is 1. The lowest BCUT2D eigenvalue weighted by atomic mass is 9.98. The number of hydrogen-bond acceptors (Lipinski definition) is 12. The van der Waals surface area contributed by atoms with Crippen molar-refractivity contribution in [1.82, 2.24) is 39.8 Å². The largest absolute Gasteiger partial charge is 0.497 e. The second-order valence-electron chi connectivity index (χ2n) is 12.2. The number of anilines is 1. The average Bonchev–Trinajstić information content (AvgIpc) is 3.72. The summed E-state index contributed by atoms with van der Waals surface area (Å²) < 4.78 is 72.7. The van der Waals surface area contributed by atoms with Gasteiger partial charge in [0.1, 0.15) is 16.4 Å².